The highest BCUT2D eigenvalue weighted by atomic mass is 32.1. The molecule has 0 unspecified atom stereocenters. The summed E-state index contributed by atoms with van der Waals surface area (Å²) in [6.45, 7) is 2.12. The van der Waals surface area contributed by atoms with Gasteiger partial charge in [0.05, 0.1) is 18.7 Å². The Bertz CT molecular complexity index is 463. The molecule has 3 heterocycles. The van der Waals surface area contributed by atoms with E-state index in [1.54, 1.807) is 12.4 Å². The second-order valence-electron chi connectivity index (χ2n) is 4.56. The summed E-state index contributed by atoms with van der Waals surface area (Å²) in [5.74, 6) is 1.05. The first-order valence-electron chi connectivity index (χ1n) is 5.99. The zero-order valence-corrected chi connectivity index (χ0v) is 10.4. The van der Waals surface area contributed by atoms with E-state index in [9.17, 15) is 0 Å². The van der Waals surface area contributed by atoms with E-state index in [1.807, 2.05) is 12.1 Å². The average molecular weight is 247 g/mol. The Kier molecular flexibility index (Phi) is 2.64. The SMILES string of the molecule is S=C1NN=C(c2ccncc2)[N+]12CCCCC2. The van der Waals surface area contributed by atoms with Crippen LogP contribution in [-0.4, -0.2) is 33.5 Å². The molecule has 5 heteroatoms. The van der Waals surface area contributed by atoms with Gasteiger partial charge in [-0.05, 0) is 31.4 Å². The first kappa shape index (κ1) is 10.8. The molecule has 0 aromatic carbocycles. The molecule has 0 saturated carbocycles. The lowest BCUT2D eigenvalue weighted by Gasteiger charge is -2.35. The van der Waals surface area contributed by atoms with Gasteiger partial charge in [0.15, 0.2) is 0 Å². The van der Waals surface area contributed by atoms with Crippen molar-refractivity contribution in [2.24, 2.45) is 5.10 Å². The number of quaternary nitrogens is 1. The lowest BCUT2D eigenvalue weighted by Crippen LogP contribution is -2.58. The fraction of sp³-hybridized carbons (Fsp3) is 0.417. The van der Waals surface area contributed by atoms with Crippen LogP contribution >= 0.6 is 12.2 Å². The molecule has 4 nitrogen and oxygen atoms in total. The van der Waals surface area contributed by atoms with Crippen LogP contribution in [0.25, 0.3) is 0 Å². The quantitative estimate of drug-likeness (QED) is 0.605. The lowest BCUT2D eigenvalue weighted by atomic mass is 10.1. The first-order chi connectivity index (χ1) is 8.33. The normalized spacial score (nSPS) is 22.4. The first-order valence-corrected chi connectivity index (χ1v) is 6.40. The van der Waals surface area contributed by atoms with Crippen LogP contribution in [-0.2, 0) is 0 Å². The monoisotopic (exact) mass is 247 g/mol. The minimum Gasteiger partial charge on any atom is -0.265 e. The van der Waals surface area contributed by atoms with Gasteiger partial charge in [-0.1, -0.05) is 0 Å². The number of amidine groups is 1. The van der Waals surface area contributed by atoms with Gasteiger partial charge in [-0.15, -0.1) is 5.10 Å². The third kappa shape index (κ3) is 1.66. The van der Waals surface area contributed by atoms with Gasteiger partial charge in [-0.25, -0.2) is 9.91 Å². The van der Waals surface area contributed by atoms with E-state index in [-0.39, 0.29) is 0 Å². The maximum atomic E-state index is 5.46. The number of rotatable bonds is 1. The summed E-state index contributed by atoms with van der Waals surface area (Å²) in [5.41, 5.74) is 4.12. The van der Waals surface area contributed by atoms with Gasteiger partial charge in [0.2, 0.25) is 0 Å². The fourth-order valence-electron chi connectivity index (χ4n) is 2.67. The van der Waals surface area contributed by atoms with Gasteiger partial charge in [0, 0.05) is 24.6 Å². The summed E-state index contributed by atoms with van der Waals surface area (Å²) in [7, 11) is 0. The molecule has 1 aromatic heterocycles. The Balaban J connectivity index is 2.01. The van der Waals surface area contributed by atoms with Crippen molar-refractivity contribution in [2.75, 3.05) is 13.1 Å². The second kappa shape index (κ2) is 4.16. The smallest absolute Gasteiger partial charge is 0.265 e. The number of hydrogen-bond donors (Lipinski definition) is 1. The second-order valence-corrected chi connectivity index (χ2v) is 4.95. The summed E-state index contributed by atoms with van der Waals surface area (Å²) in [6.07, 6.45) is 7.34. The fourth-order valence-corrected chi connectivity index (χ4v) is 2.98. The molecule has 1 saturated heterocycles. The Hall–Kier alpha value is -1.33. The number of hydrazone groups is 1. The van der Waals surface area contributed by atoms with Crippen LogP contribution in [0.1, 0.15) is 24.8 Å². The van der Waals surface area contributed by atoms with Crippen molar-refractivity contribution in [3.63, 3.8) is 0 Å². The Morgan fingerprint density at radius 2 is 1.82 bits per heavy atom. The molecule has 0 aliphatic carbocycles. The molecule has 0 bridgehead atoms. The average Bonchev–Trinajstić information content (AvgIpc) is 2.69. The van der Waals surface area contributed by atoms with Crippen molar-refractivity contribution in [3.8, 4) is 0 Å². The maximum Gasteiger partial charge on any atom is 0.297 e. The molecule has 0 amide bonds. The van der Waals surface area contributed by atoms with Crippen molar-refractivity contribution >= 4 is 23.2 Å². The molecule has 88 valence electrons. The Morgan fingerprint density at radius 1 is 1.12 bits per heavy atom. The number of pyridine rings is 1. The third-order valence-corrected chi connectivity index (χ3v) is 4.01. The van der Waals surface area contributed by atoms with E-state index >= 15 is 0 Å². The van der Waals surface area contributed by atoms with Crippen molar-refractivity contribution < 1.29 is 4.48 Å². The molecular formula is C12H15N4S+. The lowest BCUT2D eigenvalue weighted by molar-refractivity contribution is -0.749. The van der Waals surface area contributed by atoms with Crippen LogP contribution in [0.4, 0.5) is 0 Å². The van der Waals surface area contributed by atoms with Crippen molar-refractivity contribution in [1.29, 1.82) is 0 Å². The molecule has 0 radical (unpaired) electrons. The molecule has 1 N–H and O–H groups in total. The van der Waals surface area contributed by atoms with E-state index in [2.05, 4.69) is 15.5 Å². The molecule has 0 atom stereocenters. The number of nitrogens with zero attached hydrogens (tertiary/aromatic N) is 3. The van der Waals surface area contributed by atoms with Crippen LogP contribution in [0, 0.1) is 0 Å². The van der Waals surface area contributed by atoms with Gasteiger partial charge in [-0.3, -0.25) is 4.98 Å². The van der Waals surface area contributed by atoms with E-state index in [4.69, 9.17) is 12.2 Å². The standard InChI is InChI=1S/C12H14N4S/c17-12-15-14-11(10-4-6-13-7-5-10)16(12)8-2-1-3-9-16/h4-7H,1-3,8-9H2/p+1. The molecule has 1 fully saturated rings. The van der Waals surface area contributed by atoms with E-state index in [0.29, 0.717) is 0 Å². The zero-order valence-electron chi connectivity index (χ0n) is 9.59. The summed E-state index contributed by atoms with van der Waals surface area (Å²) < 4.78 is 0.735. The van der Waals surface area contributed by atoms with E-state index < -0.39 is 0 Å². The molecular weight excluding hydrogens is 232 g/mol. The minimum atomic E-state index is 0.735. The predicted octanol–water partition coefficient (Wildman–Crippen LogP) is 1.63. The van der Waals surface area contributed by atoms with Crippen LogP contribution in [0.2, 0.25) is 0 Å². The van der Waals surface area contributed by atoms with E-state index in [0.717, 1.165) is 34.1 Å². The summed E-state index contributed by atoms with van der Waals surface area (Å²) in [6, 6.07) is 4.01. The highest BCUT2D eigenvalue weighted by Gasteiger charge is 2.45. The number of aromatic nitrogens is 1. The highest BCUT2D eigenvalue weighted by Crippen LogP contribution is 2.26. The molecule has 17 heavy (non-hydrogen) atoms. The summed E-state index contributed by atoms with van der Waals surface area (Å²) in [4.78, 5) is 4.05. The molecule has 1 aromatic rings. The van der Waals surface area contributed by atoms with Crippen LogP contribution in [0.3, 0.4) is 0 Å². The molecule has 2 aliphatic heterocycles. The van der Waals surface area contributed by atoms with Crippen LogP contribution in [0.15, 0.2) is 29.6 Å². The van der Waals surface area contributed by atoms with Gasteiger partial charge < -0.3 is 0 Å². The van der Waals surface area contributed by atoms with Gasteiger partial charge in [0.1, 0.15) is 0 Å². The maximum absolute atomic E-state index is 5.46. The van der Waals surface area contributed by atoms with Gasteiger partial charge >= 0.3 is 0 Å². The largest absolute Gasteiger partial charge is 0.297 e. The molecule has 3 rings (SSSR count). The van der Waals surface area contributed by atoms with Crippen LogP contribution < -0.4 is 5.43 Å². The van der Waals surface area contributed by atoms with Gasteiger partial charge in [-0.2, -0.15) is 0 Å². The molecule has 1 spiro atoms. The highest BCUT2D eigenvalue weighted by molar-refractivity contribution is 7.80. The van der Waals surface area contributed by atoms with Crippen molar-refractivity contribution in [1.82, 2.24) is 10.4 Å². The summed E-state index contributed by atoms with van der Waals surface area (Å²) >= 11 is 5.46. The van der Waals surface area contributed by atoms with Gasteiger partial charge in [0.25, 0.3) is 10.9 Å². The minimum absolute atomic E-state index is 0.735. The van der Waals surface area contributed by atoms with Crippen molar-refractivity contribution in [3.05, 3.63) is 30.1 Å². The number of thiocarbonyl (C=S) groups is 1. The summed E-state index contributed by atoms with van der Waals surface area (Å²) in [5, 5.41) is 5.28. The van der Waals surface area contributed by atoms with Crippen molar-refractivity contribution in [2.45, 2.75) is 19.3 Å². The number of piperidine rings is 1. The third-order valence-electron chi connectivity index (χ3n) is 3.57. The van der Waals surface area contributed by atoms with E-state index in [1.165, 1.54) is 19.3 Å². The molecule has 2 aliphatic rings. The number of nitrogens with one attached hydrogen (secondary N) is 1. The predicted molar refractivity (Wildman–Crippen MR) is 70.4 cm³/mol. The van der Waals surface area contributed by atoms with Crippen LogP contribution in [0.5, 0.6) is 0 Å². The Morgan fingerprint density at radius 3 is 2.53 bits per heavy atom. The number of hydrogen-bond acceptors (Lipinski definition) is 3. The topological polar surface area (TPSA) is 37.3 Å². The Labute approximate surface area is 106 Å². The zero-order chi connectivity index (χ0) is 11.7.